The van der Waals surface area contributed by atoms with Gasteiger partial charge in [0, 0.05) is 28.7 Å². The van der Waals surface area contributed by atoms with Gasteiger partial charge in [0.1, 0.15) is 6.04 Å². The first kappa shape index (κ1) is 25.0. The van der Waals surface area contributed by atoms with Crippen molar-refractivity contribution in [3.63, 3.8) is 0 Å². The lowest BCUT2D eigenvalue weighted by atomic mass is 10.1. The van der Waals surface area contributed by atoms with Gasteiger partial charge in [-0.25, -0.2) is 4.39 Å². The van der Waals surface area contributed by atoms with Crippen LogP contribution in [0.4, 0.5) is 4.39 Å². The van der Waals surface area contributed by atoms with Gasteiger partial charge in [0.25, 0.3) is 5.91 Å². The lowest BCUT2D eigenvalue weighted by Crippen LogP contribution is -2.50. The molecule has 5 nitrogen and oxygen atoms in total. The molecule has 2 aromatic rings. The molecule has 0 aliphatic carbocycles. The Morgan fingerprint density at radius 2 is 1.74 bits per heavy atom. The molecule has 0 heterocycles. The van der Waals surface area contributed by atoms with Gasteiger partial charge in [-0.3, -0.25) is 9.59 Å². The molecular formula is C23H27Cl2FN2O3. The molecule has 0 spiro atoms. The Hall–Kier alpha value is -2.31. The summed E-state index contributed by atoms with van der Waals surface area (Å²) in [4.78, 5) is 27.3. The number of para-hydroxylation sites is 1. The van der Waals surface area contributed by atoms with Crippen LogP contribution in [0.2, 0.25) is 10.0 Å². The van der Waals surface area contributed by atoms with E-state index in [1.54, 1.807) is 24.3 Å². The van der Waals surface area contributed by atoms with Crippen molar-refractivity contribution in [2.75, 3.05) is 13.2 Å². The zero-order chi connectivity index (χ0) is 23.0. The van der Waals surface area contributed by atoms with E-state index < -0.39 is 24.4 Å². The molecule has 2 aromatic carbocycles. The quantitative estimate of drug-likeness (QED) is 0.528. The summed E-state index contributed by atoms with van der Waals surface area (Å²) in [6, 6.07) is 10.1. The third kappa shape index (κ3) is 7.11. The highest BCUT2D eigenvalue weighted by molar-refractivity contribution is 6.36. The fraction of sp³-hybridized carbons (Fsp3) is 0.391. The zero-order valence-electron chi connectivity index (χ0n) is 17.8. The van der Waals surface area contributed by atoms with Crippen LogP contribution in [0, 0.1) is 11.7 Å². The number of benzene rings is 2. The summed E-state index contributed by atoms with van der Waals surface area (Å²) in [5.41, 5.74) is 0.528. The maximum Gasteiger partial charge on any atom is 0.261 e. The second-order valence-electron chi connectivity index (χ2n) is 7.50. The minimum absolute atomic E-state index is 0.0194. The Kier molecular flexibility index (Phi) is 9.59. The first-order valence-electron chi connectivity index (χ1n) is 10.1. The highest BCUT2D eigenvalue weighted by Gasteiger charge is 2.30. The molecule has 0 aliphatic heterocycles. The number of nitrogens with zero attached hydrogens (tertiary/aromatic N) is 1. The highest BCUT2D eigenvalue weighted by atomic mass is 35.5. The third-order valence-corrected chi connectivity index (χ3v) is 5.36. The average Bonchev–Trinajstić information content (AvgIpc) is 2.73. The fourth-order valence-corrected chi connectivity index (χ4v) is 3.50. The smallest absolute Gasteiger partial charge is 0.261 e. The van der Waals surface area contributed by atoms with Crippen LogP contribution in [0.25, 0.3) is 0 Å². The monoisotopic (exact) mass is 468 g/mol. The largest absolute Gasteiger partial charge is 0.481 e. The van der Waals surface area contributed by atoms with Crippen molar-refractivity contribution < 1.29 is 18.7 Å². The van der Waals surface area contributed by atoms with E-state index in [4.69, 9.17) is 27.9 Å². The molecule has 0 aliphatic rings. The fourth-order valence-electron chi connectivity index (χ4n) is 2.98. The summed E-state index contributed by atoms with van der Waals surface area (Å²) >= 11 is 12.6. The van der Waals surface area contributed by atoms with E-state index in [1.165, 1.54) is 23.1 Å². The second kappa shape index (κ2) is 11.9. The Morgan fingerprint density at radius 3 is 2.32 bits per heavy atom. The van der Waals surface area contributed by atoms with Crippen LogP contribution in [0.5, 0.6) is 5.75 Å². The van der Waals surface area contributed by atoms with Crippen molar-refractivity contribution in [3.05, 3.63) is 63.9 Å². The summed E-state index contributed by atoms with van der Waals surface area (Å²) in [6.45, 7) is 5.84. The normalized spacial score (nSPS) is 11.8. The molecule has 8 heteroatoms. The summed E-state index contributed by atoms with van der Waals surface area (Å²) < 4.78 is 19.3. The summed E-state index contributed by atoms with van der Waals surface area (Å²) in [5, 5.41) is 3.64. The number of hydrogen-bond acceptors (Lipinski definition) is 3. The standard InChI is InChI=1S/C23H27Cl2FN2O3/c1-4-20(23(30)27-12-15(2)3)28(13-16-17(24)8-7-9-18(16)25)22(29)14-31-21-11-6-5-10-19(21)26/h5-11,15,20H,4,12-14H2,1-3H3,(H,27,30). The van der Waals surface area contributed by atoms with Gasteiger partial charge in [0.15, 0.2) is 18.2 Å². The van der Waals surface area contributed by atoms with Gasteiger partial charge in [-0.15, -0.1) is 0 Å². The van der Waals surface area contributed by atoms with Crippen LogP contribution >= 0.6 is 23.2 Å². The summed E-state index contributed by atoms with van der Waals surface area (Å²) in [6.07, 6.45) is 0.372. The van der Waals surface area contributed by atoms with Crippen molar-refractivity contribution >= 4 is 35.0 Å². The number of carbonyl (C=O) groups excluding carboxylic acids is 2. The molecule has 0 bridgehead atoms. The number of hydrogen-bond donors (Lipinski definition) is 1. The Morgan fingerprint density at radius 1 is 1.10 bits per heavy atom. The van der Waals surface area contributed by atoms with Crippen molar-refractivity contribution in [1.29, 1.82) is 0 Å². The Labute approximate surface area is 192 Å². The molecule has 0 aromatic heterocycles. The maximum atomic E-state index is 13.9. The molecule has 31 heavy (non-hydrogen) atoms. The molecule has 0 saturated heterocycles. The van der Waals surface area contributed by atoms with E-state index in [0.717, 1.165) is 0 Å². The minimum Gasteiger partial charge on any atom is -0.481 e. The van der Waals surface area contributed by atoms with E-state index in [2.05, 4.69) is 5.32 Å². The predicted molar refractivity (Wildman–Crippen MR) is 121 cm³/mol. The second-order valence-corrected chi connectivity index (χ2v) is 8.32. The molecule has 1 unspecified atom stereocenters. The number of halogens is 3. The van der Waals surface area contributed by atoms with Gasteiger partial charge in [0.2, 0.25) is 5.91 Å². The summed E-state index contributed by atoms with van der Waals surface area (Å²) in [5.74, 6) is -1.11. The van der Waals surface area contributed by atoms with Crippen molar-refractivity contribution in [2.45, 2.75) is 39.8 Å². The average molecular weight is 469 g/mol. The zero-order valence-corrected chi connectivity index (χ0v) is 19.3. The van der Waals surface area contributed by atoms with Gasteiger partial charge >= 0.3 is 0 Å². The predicted octanol–water partition coefficient (Wildman–Crippen LogP) is 5.09. The van der Waals surface area contributed by atoms with Crippen LogP contribution in [0.1, 0.15) is 32.8 Å². The van der Waals surface area contributed by atoms with Gasteiger partial charge in [0.05, 0.1) is 0 Å². The van der Waals surface area contributed by atoms with E-state index >= 15 is 0 Å². The molecule has 0 radical (unpaired) electrons. The molecule has 1 N–H and O–H groups in total. The molecule has 0 saturated carbocycles. The van der Waals surface area contributed by atoms with Gasteiger partial charge in [-0.1, -0.05) is 62.2 Å². The van der Waals surface area contributed by atoms with E-state index in [-0.39, 0.29) is 24.1 Å². The van der Waals surface area contributed by atoms with E-state index in [1.807, 2.05) is 20.8 Å². The van der Waals surface area contributed by atoms with Crippen LogP contribution in [-0.2, 0) is 16.1 Å². The van der Waals surface area contributed by atoms with Crippen molar-refractivity contribution in [2.24, 2.45) is 5.92 Å². The van der Waals surface area contributed by atoms with E-state index in [0.29, 0.717) is 28.6 Å². The highest BCUT2D eigenvalue weighted by Crippen LogP contribution is 2.27. The number of amides is 2. The van der Waals surface area contributed by atoms with Crippen LogP contribution in [-0.4, -0.2) is 35.9 Å². The first-order chi connectivity index (χ1) is 14.7. The SMILES string of the molecule is CCC(C(=O)NCC(C)C)N(Cc1c(Cl)cccc1Cl)C(=O)COc1ccccc1F. The maximum absolute atomic E-state index is 13.9. The molecular weight excluding hydrogens is 442 g/mol. The summed E-state index contributed by atoms with van der Waals surface area (Å²) in [7, 11) is 0. The Balaban J connectivity index is 2.28. The minimum atomic E-state index is -0.761. The lowest BCUT2D eigenvalue weighted by Gasteiger charge is -2.31. The number of ether oxygens (including phenoxy) is 1. The first-order valence-corrected chi connectivity index (χ1v) is 10.9. The van der Waals surface area contributed by atoms with E-state index in [9.17, 15) is 14.0 Å². The van der Waals surface area contributed by atoms with Crippen LogP contribution < -0.4 is 10.1 Å². The molecule has 1 atom stereocenters. The van der Waals surface area contributed by atoms with Crippen LogP contribution in [0.3, 0.4) is 0 Å². The topological polar surface area (TPSA) is 58.6 Å². The molecule has 2 amide bonds. The third-order valence-electron chi connectivity index (χ3n) is 4.65. The number of rotatable bonds is 10. The van der Waals surface area contributed by atoms with Crippen LogP contribution in [0.15, 0.2) is 42.5 Å². The van der Waals surface area contributed by atoms with Crippen molar-refractivity contribution in [3.8, 4) is 5.75 Å². The van der Waals surface area contributed by atoms with Gasteiger partial charge in [-0.05, 0) is 36.6 Å². The number of nitrogens with one attached hydrogen (secondary N) is 1. The van der Waals surface area contributed by atoms with Gasteiger partial charge in [-0.2, -0.15) is 0 Å². The van der Waals surface area contributed by atoms with Gasteiger partial charge < -0.3 is 15.0 Å². The molecule has 168 valence electrons. The number of carbonyl (C=O) groups is 2. The van der Waals surface area contributed by atoms with Crippen molar-refractivity contribution in [1.82, 2.24) is 10.2 Å². The molecule has 0 fully saturated rings. The molecule has 2 rings (SSSR count). The Bertz CT molecular complexity index is 888. The lowest BCUT2D eigenvalue weighted by molar-refractivity contribution is -0.143.